The molecule has 2 aromatic carbocycles. The molecule has 6 aromatic rings. The second-order valence-corrected chi connectivity index (χ2v) is 10.3. The van der Waals surface area contributed by atoms with Crippen molar-refractivity contribution in [1.29, 1.82) is 0 Å². The van der Waals surface area contributed by atoms with Crippen LogP contribution in [0.15, 0.2) is 85.5 Å². The minimum Gasteiger partial charge on any atom is -0.311 e. The fraction of sp³-hybridized carbons (Fsp3) is 0.200. The zero-order chi connectivity index (χ0) is 25.1. The van der Waals surface area contributed by atoms with E-state index in [4.69, 9.17) is 10.1 Å². The first-order valence-electron chi connectivity index (χ1n) is 13.1. The first kappa shape index (κ1) is 21.7. The van der Waals surface area contributed by atoms with Crippen LogP contribution in [0.4, 0.5) is 0 Å². The van der Waals surface area contributed by atoms with E-state index in [2.05, 4.69) is 55.7 Å². The van der Waals surface area contributed by atoms with E-state index in [0.29, 0.717) is 12.1 Å². The fourth-order valence-electron chi connectivity index (χ4n) is 6.17. The summed E-state index contributed by atoms with van der Waals surface area (Å²) >= 11 is 0. The maximum atomic E-state index is 5.14. The fourth-order valence-corrected chi connectivity index (χ4v) is 6.17. The van der Waals surface area contributed by atoms with Crippen LogP contribution in [-0.2, 0) is 6.54 Å². The predicted octanol–water partition coefficient (Wildman–Crippen LogP) is 4.55. The summed E-state index contributed by atoms with van der Waals surface area (Å²) < 4.78 is 1.98. The molecule has 8 nitrogen and oxygen atoms in total. The number of hydrogen-bond donors (Lipinski definition) is 2. The van der Waals surface area contributed by atoms with Gasteiger partial charge in [0.15, 0.2) is 5.65 Å². The molecule has 8 heteroatoms. The highest BCUT2D eigenvalue weighted by atomic mass is 15.3. The van der Waals surface area contributed by atoms with Gasteiger partial charge in [-0.05, 0) is 41.8 Å². The predicted molar refractivity (Wildman–Crippen MR) is 147 cm³/mol. The second-order valence-electron chi connectivity index (χ2n) is 10.3. The highest BCUT2D eigenvalue weighted by molar-refractivity contribution is 6.02. The van der Waals surface area contributed by atoms with Gasteiger partial charge in [0.2, 0.25) is 0 Å². The Hall–Kier alpha value is -4.40. The summed E-state index contributed by atoms with van der Waals surface area (Å²) in [6, 6.07) is 22.5. The molecule has 0 radical (unpaired) electrons. The summed E-state index contributed by atoms with van der Waals surface area (Å²) in [5.41, 5.74) is 9.16. The van der Waals surface area contributed by atoms with E-state index < -0.39 is 0 Å². The molecule has 2 N–H and O–H groups in total. The molecule has 0 amide bonds. The number of fused-ring (bicyclic) bond motifs is 4. The Labute approximate surface area is 219 Å². The van der Waals surface area contributed by atoms with Crippen LogP contribution in [0, 0.1) is 0 Å². The molecule has 2 aliphatic heterocycles. The highest BCUT2D eigenvalue weighted by Gasteiger charge is 2.37. The number of likely N-dealkylation sites (tertiary alicyclic amines) is 1. The Balaban J connectivity index is 1.25. The monoisotopic (exact) mass is 498 g/mol. The van der Waals surface area contributed by atoms with Crippen molar-refractivity contribution in [3.05, 3.63) is 91.0 Å². The van der Waals surface area contributed by atoms with Crippen molar-refractivity contribution < 1.29 is 0 Å². The summed E-state index contributed by atoms with van der Waals surface area (Å²) in [4.78, 5) is 11.7. The maximum Gasteiger partial charge on any atom is 0.164 e. The highest BCUT2D eigenvalue weighted by Crippen LogP contribution is 2.39. The normalized spacial score (nSPS) is 19.2. The Morgan fingerprint density at radius 2 is 1.82 bits per heavy atom. The second kappa shape index (κ2) is 8.58. The van der Waals surface area contributed by atoms with Crippen molar-refractivity contribution in [3.8, 4) is 33.6 Å². The molecule has 2 atom stereocenters. The van der Waals surface area contributed by atoms with Crippen LogP contribution in [0.1, 0.15) is 12.0 Å². The molecule has 0 spiro atoms. The van der Waals surface area contributed by atoms with Gasteiger partial charge in [-0.3, -0.25) is 15.0 Å². The summed E-state index contributed by atoms with van der Waals surface area (Å²) in [7, 11) is 0. The number of aromatic nitrogens is 6. The molecule has 4 aromatic heterocycles. The molecule has 186 valence electrons. The van der Waals surface area contributed by atoms with Gasteiger partial charge in [-0.2, -0.15) is 10.2 Å². The van der Waals surface area contributed by atoms with Crippen LogP contribution in [-0.4, -0.2) is 59.9 Å². The Morgan fingerprint density at radius 1 is 0.921 bits per heavy atom. The molecule has 2 saturated heterocycles. The smallest absolute Gasteiger partial charge is 0.164 e. The number of rotatable bonds is 5. The van der Waals surface area contributed by atoms with Crippen molar-refractivity contribution >= 4 is 16.6 Å². The van der Waals surface area contributed by atoms with E-state index in [-0.39, 0.29) is 0 Å². The number of nitrogens with zero attached hydrogens (tertiary/aromatic N) is 6. The summed E-state index contributed by atoms with van der Waals surface area (Å²) in [6.45, 7) is 3.27. The van der Waals surface area contributed by atoms with Gasteiger partial charge >= 0.3 is 0 Å². The van der Waals surface area contributed by atoms with Gasteiger partial charge in [-0.1, -0.05) is 36.4 Å². The van der Waals surface area contributed by atoms with E-state index >= 15 is 0 Å². The van der Waals surface area contributed by atoms with Gasteiger partial charge < -0.3 is 5.32 Å². The molecular formula is C30H26N8. The van der Waals surface area contributed by atoms with Crippen LogP contribution in [0.25, 0.3) is 50.2 Å². The lowest BCUT2D eigenvalue weighted by molar-refractivity contribution is 0.218. The van der Waals surface area contributed by atoms with E-state index in [0.717, 1.165) is 69.8 Å². The topological polar surface area (TPSA) is 87.0 Å². The molecule has 6 heterocycles. The molecule has 8 rings (SSSR count). The largest absolute Gasteiger partial charge is 0.311 e. The van der Waals surface area contributed by atoms with Gasteiger partial charge in [-0.15, -0.1) is 0 Å². The quantitative estimate of drug-likeness (QED) is 0.363. The number of nitrogens with one attached hydrogen (secondary N) is 2. The van der Waals surface area contributed by atoms with Gasteiger partial charge in [0.05, 0.1) is 23.0 Å². The van der Waals surface area contributed by atoms with Crippen LogP contribution >= 0.6 is 0 Å². The maximum absolute atomic E-state index is 5.14. The molecule has 38 heavy (non-hydrogen) atoms. The Morgan fingerprint density at radius 3 is 2.63 bits per heavy atom. The number of aromatic amines is 1. The minimum atomic E-state index is 0.667. The van der Waals surface area contributed by atoms with E-state index in [1.54, 1.807) is 12.4 Å². The third kappa shape index (κ3) is 3.45. The number of hydrogen-bond acceptors (Lipinski definition) is 6. The molecule has 0 saturated carbocycles. The first-order chi connectivity index (χ1) is 18.8. The van der Waals surface area contributed by atoms with Crippen molar-refractivity contribution in [2.45, 2.75) is 25.0 Å². The number of H-pyrrole nitrogens is 1. The van der Waals surface area contributed by atoms with Crippen LogP contribution in [0.5, 0.6) is 0 Å². The molecule has 2 bridgehead atoms. The van der Waals surface area contributed by atoms with Gasteiger partial charge in [-0.25, -0.2) is 9.50 Å². The lowest BCUT2D eigenvalue weighted by Gasteiger charge is -2.27. The van der Waals surface area contributed by atoms with Crippen LogP contribution < -0.4 is 5.32 Å². The van der Waals surface area contributed by atoms with Crippen molar-refractivity contribution in [2.75, 3.05) is 13.1 Å². The standard InChI is InChI=1S/C30H26N8/c1-2-24(25-16-34-35-26(25)3-1)28-29(21-8-11-31-12-9-21)36-38-27(10-13-32-30(28)38)20-6-4-19(5-7-20)17-37-18-22-14-23(37)15-33-22/h1-13,16,22-23,33H,14-15,17-18H2,(H,34,35)/t22-,23+/m1/s1. The number of piperazine rings is 1. The zero-order valence-corrected chi connectivity index (χ0v) is 20.7. The van der Waals surface area contributed by atoms with Gasteiger partial charge in [0.1, 0.15) is 5.69 Å². The Bertz CT molecular complexity index is 1770. The molecule has 2 fully saturated rings. The van der Waals surface area contributed by atoms with E-state index in [9.17, 15) is 0 Å². The third-order valence-corrected chi connectivity index (χ3v) is 8.03. The zero-order valence-electron chi connectivity index (χ0n) is 20.7. The first-order valence-corrected chi connectivity index (χ1v) is 13.1. The SMILES string of the molecule is c1cc(-c2c(-c3ccncc3)nn3c(-c4ccc(CN5C[C@H]6C[C@H]5CN6)cc4)ccnc23)c2cn[nH]c2c1. The number of pyridine rings is 1. The molecule has 0 aliphatic carbocycles. The Kier molecular flexibility index (Phi) is 4.89. The van der Waals surface area contributed by atoms with Gasteiger partial charge in [0, 0.05) is 66.8 Å². The van der Waals surface area contributed by atoms with Crippen LogP contribution in [0.3, 0.4) is 0 Å². The van der Waals surface area contributed by atoms with Gasteiger partial charge in [0.25, 0.3) is 0 Å². The molecule has 2 aliphatic rings. The number of benzene rings is 2. The summed E-state index contributed by atoms with van der Waals surface area (Å²) in [5.74, 6) is 0. The summed E-state index contributed by atoms with van der Waals surface area (Å²) in [5, 5.41) is 17.2. The van der Waals surface area contributed by atoms with Crippen molar-refractivity contribution in [3.63, 3.8) is 0 Å². The van der Waals surface area contributed by atoms with Crippen molar-refractivity contribution in [2.24, 2.45) is 0 Å². The average Bonchev–Trinajstić information content (AvgIpc) is 3.77. The molecular weight excluding hydrogens is 472 g/mol. The van der Waals surface area contributed by atoms with E-state index in [1.165, 1.54) is 12.0 Å². The third-order valence-electron chi connectivity index (χ3n) is 8.03. The van der Waals surface area contributed by atoms with Crippen LogP contribution in [0.2, 0.25) is 0 Å². The van der Waals surface area contributed by atoms with Crippen molar-refractivity contribution in [1.82, 2.24) is 40.0 Å². The molecule has 0 unspecified atom stereocenters. The summed E-state index contributed by atoms with van der Waals surface area (Å²) in [6.07, 6.45) is 8.63. The lowest BCUT2D eigenvalue weighted by Crippen LogP contribution is -2.42. The lowest BCUT2D eigenvalue weighted by atomic mass is 9.99. The average molecular weight is 499 g/mol. The van der Waals surface area contributed by atoms with E-state index in [1.807, 2.05) is 47.2 Å². The minimum absolute atomic E-state index is 0.667.